The van der Waals surface area contributed by atoms with Gasteiger partial charge in [0.25, 0.3) is 0 Å². The molecule has 3 heteroatoms. The highest BCUT2D eigenvalue weighted by atomic mass is 32.1. The lowest BCUT2D eigenvalue weighted by Gasteiger charge is -2.31. The van der Waals surface area contributed by atoms with Crippen LogP contribution in [0.25, 0.3) is 0 Å². The maximum atomic E-state index is 6.12. The Morgan fingerprint density at radius 2 is 2.00 bits per heavy atom. The van der Waals surface area contributed by atoms with E-state index in [9.17, 15) is 0 Å². The first-order valence-electron chi connectivity index (χ1n) is 7.33. The highest BCUT2D eigenvalue weighted by molar-refractivity contribution is 7.10. The molecule has 1 unspecified atom stereocenters. The van der Waals surface area contributed by atoms with Gasteiger partial charge < -0.3 is 5.73 Å². The standard InChI is InChI=1S/C17H22N2S/c1-13-9-10-20-17(13)16(11-18)19(15-7-8-15)12-14-5-3-2-4-6-14/h2-6,9-10,15-16H,7-8,11-12,18H2,1H3. The Morgan fingerprint density at radius 1 is 1.25 bits per heavy atom. The van der Waals surface area contributed by atoms with Crippen molar-refractivity contribution in [1.29, 1.82) is 0 Å². The molecule has 106 valence electrons. The summed E-state index contributed by atoms with van der Waals surface area (Å²) in [6.45, 7) is 3.90. The fourth-order valence-corrected chi connectivity index (χ4v) is 3.87. The lowest BCUT2D eigenvalue weighted by atomic mass is 10.1. The second kappa shape index (κ2) is 6.08. The van der Waals surface area contributed by atoms with Crippen LogP contribution in [-0.2, 0) is 6.54 Å². The zero-order valence-electron chi connectivity index (χ0n) is 12.0. The number of rotatable bonds is 6. The molecule has 0 amide bonds. The number of nitrogens with zero attached hydrogens (tertiary/aromatic N) is 1. The molecule has 3 rings (SSSR count). The number of thiophene rings is 1. The van der Waals surface area contributed by atoms with E-state index in [2.05, 4.69) is 53.6 Å². The van der Waals surface area contributed by atoms with Crippen molar-refractivity contribution in [3.05, 3.63) is 57.8 Å². The molecule has 1 aromatic carbocycles. The normalized spacial score (nSPS) is 16.6. The Bertz CT molecular complexity index is 545. The molecular formula is C17H22N2S. The zero-order chi connectivity index (χ0) is 13.9. The molecular weight excluding hydrogens is 264 g/mol. The predicted molar refractivity (Wildman–Crippen MR) is 85.9 cm³/mol. The van der Waals surface area contributed by atoms with E-state index >= 15 is 0 Å². The van der Waals surface area contributed by atoms with Gasteiger partial charge in [0.2, 0.25) is 0 Å². The SMILES string of the molecule is Cc1ccsc1C(CN)N(Cc1ccccc1)C1CC1. The van der Waals surface area contributed by atoms with Crippen LogP contribution in [0.2, 0.25) is 0 Å². The summed E-state index contributed by atoms with van der Waals surface area (Å²) >= 11 is 1.84. The number of nitrogens with two attached hydrogens (primary N) is 1. The number of hydrogen-bond acceptors (Lipinski definition) is 3. The fourth-order valence-electron chi connectivity index (χ4n) is 2.81. The van der Waals surface area contributed by atoms with E-state index in [1.807, 2.05) is 11.3 Å². The molecule has 1 aliphatic carbocycles. The molecule has 1 heterocycles. The lowest BCUT2D eigenvalue weighted by Crippen LogP contribution is -2.35. The van der Waals surface area contributed by atoms with Gasteiger partial charge in [0.05, 0.1) is 6.04 Å². The summed E-state index contributed by atoms with van der Waals surface area (Å²) < 4.78 is 0. The minimum atomic E-state index is 0.364. The van der Waals surface area contributed by atoms with Crippen LogP contribution in [0, 0.1) is 6.92 Å². The van der Waals surface area contributed by atoms with E-state index in [-0.39, 0.29) is 0 Å². The van der Waals surface area contributed by atoms with E-state index in [0.29, 0.717) is 18.6 Å². The van der Waals surface area contributed by atoms with Gasteiger partial charge in [-0.3, -0.25) is 4.90 Å². The highest BCUT2D eigenvalue weighted by Gasteiger charge is 2.34. The quantitative estimate of drug-likeness (QED) is 0.877. The number of aryl methyl sites for hydroxylation is 1. The largest absolute Gasteiger partial charge is 0.329 e. The topological polar surface area (TPSA) is 29.3 Å². The molecule has 1 atom stereocenters. The lowest BCUT2D eigenvalue weighted by molar-refractivity contribution is 0.184. The van der Waals surface area contributed by atoms with Crippen LogP contribution in [0.15, 0.2) is 41.8 Å². The Labute approximate surface area is 125 Å². The Balaban J connectivity index is 1.84. The summed E-state index contributed by atoms with van der Waals surface area (Å²) in [6.07, 6.45) is 2.63. The van der Waals surface area contributed by atoms with Crippen molar-refractivity contribution in [2.45, 2.75) is 38.4 Å². The van der Waals surface area contributed by atoms with Gasteiger partial charge in [-0.15, -0.1) is 11.3 Å². The molecule has 1 aromatic heterocycles. The number of benzene rings is 1. The van der Waals surface area contributed by atoms with E-state index in [1.54, 1.807) is 0 Å². The van der Waals surface area contributed by atoms with Crippen LogP contribution in [0.5, 0.6) is 0 Å². The minimum absolute atomic E-state index is 0.364. The molecule has 2 nitrogen and oxygen atoms in total. The minimum Gasteiger partial charge on any atom is -0.329 e. The van der Waals surface area contributed by atoms with Crippen molar-refractivity contribution < 1.29 is 0 Å². The van der Waals surface area contributed by atoms with Crippen LogP contribution in [0.1, 0.15) is 34.9 Å². The number of hydrogen-bond donors (Lipinski definition) is 1. The predicted octanol–water partition coefficient (Wildman–Crippen LogP) is 3.72. The summed E-state index contributed by atoms with van der Waals surface area (Å²) in [7, 11) is 0. The molecule has 0 aliphatic heterocycles. The van der Waals surface area contributed by atoms with Crippen LogP contribution in [0.3, 0.4) is 0 Å². The maximum absolute atomic E-state index is 6.12. The van der Waals surface area contributed by atoms with Gasteiger partial charge in [-0.2, -0.15) is 0 Å². The third kappa shape index (κ3) is 2.95. The van der Waals surface area contributed by atoms with Gasteiger partial charge in [-0.05, 0) is 42.3 Å². The Hall–Kier alpha value is -1.16. The van der Waals surface area contributed by atoms with Gasteiger partial charge >= 0.3 is 0 Å². The van der Waals surface area contributed by atoms with Gasteiger partial charge in [-0.25, -0.2) is 0 Å². The maximum Gasteiger partial charge on any atom is 0.0572 e. The summed E-state index contributed by atoms with van der Waals surface area (Å²) in [5, 5.41) is 2.18. The molecule has 0 bridgehead atoms. The second-order valence-corrected chi connectivity index (χ2v) is 6.56. The van der Waals surface area contributed by atoms with Crippen molar-refractivity contribution in [3.63, 3.8) is 0 Å². The average Bonchev–Trinajstić information content (AvgIpc) is 3.23. The second-order valence-electron chi connectivity index (χ2n) is 5.61. The average molecular weight is 286 g/mol. The molecule has 1 saturated carbocycles. The van der Waals surface area contributed by atoms with Crippen molar-refractivity contribution in [2.75, 3.05) is 6.54 Å². The molecule has 2 N–H and O–H groups in total. The summed E-state index contributed by atoms with van der Waals surface area (Å²) in [4.78, 5) is 4.05. The summed E-state index contributed by atoms with van der Waals surface area (Å²) in [6, 6.07) is 14.0. The van der Waals surface area contributed by atoms with E-state index in [0.717, 1.165) is 6.54 Å². The third-order valence-electron chi connectivity index (χ3n) is 4.05. The summed E-state index contributed by atoms with van der Waals surface area (Å²) in [5.74, 6) is 0. The van der Waals surface area contributed by atoms with E-state index < -0.39 is 0 Å². The van der Waals surface area contributed by atoms with E-state index in [1.165, 1.54) is 28.8 Å². The first-order chi connectivity index (χ1) is 9.79. The van der Waals surface area contributed by atoms with Gasteiger partial charge in [0.1, 0.15) is 0 Å². The molecule has 0 spiro atoms. The monoisotopic (exact) mass is 286 g/mol. The summed E-state index contributed by atoms with van der Waals surface area (Å²) in [5.41, 5.74) is 8.88. The smallest absolute Gasteiger partial charge is 0.0572 e. The molecule has 1 fully saturated rings. The molecule has 0 radical (unpaired) electrons. The van der Waals surface area contributed by atoms with Crippen LogP contribution in [-0.4, -0.2) is 17.5 Å². The highest BCUT2D eigenvalue weighted by Crippen LogP contribution is 2.37. The Morgan fingerprint density at radius 3 is 2.55 bits per heavy atom. The molecule has 20 heavy (non-hydrogen) atoms. The van der Waals surface area contributed by atoms with E-state index in [4.69, 9.17) is 5.73 Å². The van der Waals surface area contributed by atoms with Crippen LogP contribution >= 0.6 is 11.3 Å². The van der Waals surface area contributed by atoms with Crippen LogP contribution < -0.4 is 5.73 Å². The van der Waals surface area contributed by atoms with Crippen molar-refractivity contribution in [2.24, 2.45) is 5.73 Å². The van der Waals surface area contributed by atoms with Crippen molar-refractivity contribution >= 4 is 11.3 Å². The van der Waals surface area contributed by atoms with Gasteiger partial charge in [0, 0.05) is 24.0 Å². The van der Waals surface area contributed by atoms with Gasteiger partial charge in [0.15, 0.2) is 0 Å². The zero-order valence-corrected chi connectivity index (χ0v) is 12.8. The van der Waals surface area contributed by atoms with Crippen molar-refractivity contribution in [3.8, 4) is 0 Å². The molecule has 1 aliphatic rings. The van der Waals surface area contributed by atoms with Crippen LogP contribution in [0.4, 0.5) is 0 Å². The fraction of sp³-hybridized carbons (Fsp3) is 0.412. The molecule has 2 aromatic rings. The first-order valence-corrected chi connectivity index (χ1v) is 8.21. The third-order valence-corrected chi connectivity index (χ3v) is 5.17. The van der Waals surface area contributed by atoms with Crippen molar-refractivity contribution in [1.82, 2.24) is 4.90 Å². The molecule has 0 saturated heterocycles. The Kier molecular flexibility index (Phi) is 4.20. The first kappa shape index (κ1) is 13.8. The van der Waals surface area contributed by atoms with Gasteiger partial charge in [-0.1, -0.05) is 30.3 Å².